The van der Waals surface area contributed by atoms with E-state index >= 15 is 0 Å². The molecule has 25 heavy (non-hydrogen) atoms. The highest BCUT2D eigenvalue weighted by Gasteiger charge is 2.55. The molecule has 2 heterocycles. The molecule has 0 radical (unpaired) electrons. The van der Waals surface area contributed by atoms with Gasteiger partial charge in [0.2, 0.25) is 0 Å². The van der Waals surface area contributed by atoms with Gasteiger partial charge >= 0.3 is 0 Å². The summed E-state index contributed by atoms with van der Waals surface area (Å²) in [6.45, 7) is 2.11. The van der Waals surface area contributed by atoms with Crippen LogP contribution in [0.2, 0.25) is 0 Å². The van der Waals surface area contributed by atoms with Gasteiger partial charge in [0.1, 0.15) is 17.6 Å². The summed E-state index contributed by atoms with van der Waals surface area (Å²) in [4.78, 5) is 2.65. The van der Waals surface area contributed by atoms with Crippen molar-refractivity contribution < 1.29 is 9.84 Å². The molecular formula is C22H25NO2. The Kier molecular flexibility index (Phi) is 3.53. The number of piperidine rings is 1. The van der Waals surface area contributed by atoms with Crippen LogP contribution in [0.3, 0.4) is 0 Å². The molecule has 1 spiro atoms. The summed E-state index contributed by atoms with van der Waals surface area (Å²) >= 11 is 0. The molecule has 1 N–H and O–H groups in total. The molecule has 2 aromatic carbocycles. The normalized spacial score (nSPS) is 30.4. The summed E-state index contributed by atoms with van der Waals surface area (Å²) in [6, 6.07) is 17.1. The van der Waals surface area contributed by atoms with Gasteiger partial charge in [0.15, 0.2) is 0 Å². The number of rotatable bonds is 3. The molecule has 3 atom stereocenters. The van der Waals surface area contributed by atoms with Gasteiger partial charge in [0, 0.05) is 30.1 Å². The Bertz CT molecular complexity index is 775. The van der Waals surface area contributed by atoms with Gasteiger partial charge < -0.3 is 9.84 Å². The number of hydrogen-bond donors (Lipinski definition) is 1. The highest BCUT2D eigenvalue weighted by atomic mass is 16.5. The zero-order valence-electron chi connectivity index (χ0n) is 14.5. The Morgan fingerprint density at radius 1 is 1.16 bits per heavy atom. The molecule has 0 amide bonds. The SMILES string of the molecule is Oc1ccc2c(c1)[C@]13CCC[C@H](C1)N(CCc1ccccc1)C[C@@H]3O2. The molecule has 2 aliphatic heterocycles. The van der Waals surface area contributed by atoms with Gasteiger partial charge in [-0.15, -0.1) is 0 Å². The summed E-state index contributed by atoms with van der Waals surface area (Å²) < 4.78 is 6.37. The molecule has 1 aliphatic carbocycles. The molecule has 2 fully saturated rings. The fourth-order valence-corrected chi connectivity index (χ4v) is 5.34. The van der Waals surface area contributed by atoms with E-state index < -0.39 is 0 Å². The summed E-state index contributed by atoms with van der Waals surface area (Å²) in [5, 5.41) is 9.98. The Morgan fingerprint density at radius 2 is 2.04 bits per heavy atom. The van der Waals surface area contributed by atoms with Crippen molar-refractivity contribution in [3.63, 3.8) is 0 Å². The van der Waals surface area contributed by atoms with Crippen LogP contribution in [0.25, 0.3) is 0 Å². The second kappa shape index (κ2) is 5.77. The first kappa shape index (κ1) is 15.3. The lowest BCUT2D eigenvalue weighted by molar-refractivity contribution is -0.0209. The zero-order valence-corrected chi connectivity index (χ0v) is 14.5. The monoisotopic (exact) mass is 335 g/mol. The fourth-order valence-electron chi connectivity index (χ4n) is 5.34. The van der Waals surface area contributed by atoms with E-state index in [2.05, 4.69) is 35.2 Å². The number of ether oxygens (including phenoxy) is 1. The highest BCUT2D eigenvalue weighted by molar-refractivity contribution is 5.50. The second-order valence-electron chi connectivity index (χ2n) is 7.92. The van der Waals surface area contributed by atoms with E-state index in [0.717, 1.165) is 25.3 Å². The van der Waals surface area contributed by atoms with E-state index in [1.165, 1.54) is 36.8 Å². The molecular weight excluding hydrogens is 310 g/mol. The molecule has 2 bridgehead atoms. The highest BCUT2D eigenvalue weighted by Crippen LogP contribution is 2.55. The topological polar surface area (TPSA) is 32.7 Å². The first-order valence-electron chi connectivity index (χ1n) is 9.53. The number of phenolic OH excluding ortho intramolecular Hbond substituents is 1. The van der Waals surface area contributed by atoms with Crippen LogP contribution in [0.5, 0.6) is 11.5 Å². The Hall–Kier alpha value is -2.00. The molecule has 3 aliphatic rings. The van der Waals surface area contributed by atoms with Crippen molar-refractivity contribution in [3.8, 4) is 11.5 Å². The van der Waals surface area contributed by atoms with Crippen molar-refractivity contribution in [1.29, 1.82) is 0 Å². The van der Waals surface area contributed by atoms with Crippen LogP contribution in [0.4, 0.5) is 0 Å². The number of benzene rings is 2. The zero-order chi connectivity index (χ0) is 16.9. The molecule has 5 rings (SSSR count). The van der Waals surface area contributed by atoms with Crippen LogP contribution in [-0.2, 0) is 11.8 Å². The van der Waals surface area contributed by atoms with Gasteiger partial charge in [-0.05, 0) is 49.4 Å². The van der Waals surface area contributed by atoms with Crippen LogP contribution < -0.4 is 4.74 Å². The number of likely N-dealkylation sites (tertiary alicyclic amines) is 1. The summed E-state index contributed by atoms with van der Waals surface area (Å²) in [7, 11) is 0. The first-order valence-corrected chi connectivity index (χ1v) is 9.53. The molecule has 1 saturated heterocycles. The maximum atomic E-state index is 9.98. The maximum absolute atomic E-state index is 9.98. The van der Waals surface area contributed by atoms with E-state index in [0.29, 0.717) is 11.8 Å². The Balaban J connectivity index is 1.39. The summed E-state index contributed by atoms with van der Waals surface area (Å²) in [5.74, 6) is 1.36. The van der Waals surface area contributed by atoms with Crippen LogP contribution in [0.1, 0.15) is 36.8 Å². The molecule has 130 valence electrons. The van der Waals surface area contributed by atoms with E-state index in [1.807, 2.05) is 12.1 Å². The minimum Gasteiger partial charge on any atom is -0.508 e. The molecule has 1 saturated carbocycles. The Morgan fingerprint density at radius 3 is 2.92 bits per heavy atom. The number of hydrogen-bond acceptors (Lipinski definition) is 3. The largest absolute Gasteiger partial charge is 0.508 e. The smallest absolute Gasteiger partial charge is 0.124 e. The van der Waals surface area contributed by atoms with Crippen molar-refractivity contribution >= 4 is 0 Å². The fraction of sp³-hybridized carbons (Fsp3) is 0.455. The molecule has 3 nitrogen and oxygen atoms in total. The van der Waals surface area contributed by atoms with Crippen LogP contribution in [0, 0.1) is 0 Å². The third-order valence-electron chi connectivity index (χ3n) is 6.59. The first-order chi connectivity index (χ1) is 12.2. The minimum atomic E-state index is 0.125. The number of phenols is 1. The minimum absolute atomic E-state index is 0.125. The van der Waals surface area contributed by atoms with Crippen LogP contribution in [-0.4, -0.2) is 35.2 Å². The van der Waals surface area contributed by atoms with Crippen molar-refractivity contribution in [2.75, 3.05) is 13.1 Å². The van der Waals surface area contributed by atoms with Crippen LogP contribution in [0.15, 0.2) is 48.5 Å². The molecule has 3 heteroatoms. The van der Waals surface area contributed by atoms with E-state index in [9.17, 15) is 5.11 Å². The van der Waals surface area contributed by atoms with Gasteiger partial charge in [-0.2, -0.15) is 0 Å². The third-order valence-corrected chi connectivity index (χ3v) is 6.59. The quantitative estimate of drug-likeness (QED) is 0.923. The Labute approximate surface area is 149 Å². The summed E-state index contributed by atoms with van der Waals surface area (Å²) in [5.41, 5.74) is 2.79. The van der Waals surface area contributed by atoms with E-state index in [1.54, 1.807) is 6.07 Å². The third kappa shape index (κ3) is 2.44. The number of fused-ring (bicyclic) bond motifs is 2. The lowest BCUT2D eigenvalue weighted by Gasteiger charge is -2.51. The average Bonchev–Trinajstić information content (AvgIpc) is 2.93. The van der Waals surface area contributed by atoms with Crippen LogP contribution >= 0.6 is 0 Å². The van der Waals surface area contributed by atoms with E-state index in [-0.39, 0.29) is 11.5 Å². The number of aromatic hydroxyl groups is 1. The number of nitrogens with zero attached hydrogens (tertiary/aromatic N) is 1. The predicted molar refractivity (Wildman–Crippen MR) is 98.2 cm³/mol. The molecule has 0 unspecified atom stereocenters. The standard InChI is InChI=1S/C22H25NO2/c24-18-8-9-20-19(13-18)22-11-4-7-17(14-22)23(15-21(22)25-20)12-10-16-5-2-1-3-6-16/h1-3,5-6,8-9,13,17,21,24H,4,7,10-12,14-15H2/t17-,21+,22+/m1/s1. The van der Waals surface area contributed by atoms with Crippen molar-refractivity contribution in [3.05, 3.63) is 59.7 Å². The molecule has 2 aromatic rings. The van der Waals surface area contributed by atoms with Crippen molar-refractivity contribution in [2.45, 2.75) is 49.7 Å². The lowest BCUT2D eigenvalue weighted by Crippen LogP contribution is -2.59. The van der Waals surface area contributed by atoms with Gasteiger partial charge in [0.05, 0.1) is 0 Å². The second-order valence-corrected chi connectivity index (χ2v) is 7.92. The lowest BCUT2D eigenvalue weighted by atomic mass is 9.63. The summed E-state index contributed by atoms with van der Waals surface area (Å²) in [6.07, 6.45) is 6.24. The predicted octanol–water partition coefficient (Wildman–Crippen LogP) is 3.89. The molecule has 0 aromatic heterocycles. The van der Waals surface area contributed by atoms with E-state index in [4.69, 9.17) is 4.74 Å². The van der Waals surface area contributed by atoms with Gasteiger partial charge in [0.25, 0.3) is 0 Å². The average molecular weight is 335 g/mol. The van der Waals surface area contributed by atoms with Gasteiger partial charge in [-0.1, -0.05) is 36.8 Å². The van der Waals surface area contributed by atoms with Crippen molar-refractivity contribution in [1.82, 2.24) is 4.90 Å². The van der Waals surface area contributed by atoms with Gasteiger partial charge in [-0.25, -0.2) is 0 Å². The van der Waals surface area contributed by atoms with Crippen molar-refractivity contribution in [2.24, 2.45) is 0 Å². The maximum Gasteiger partial charge on any atom is 0.124 e. The van der Waals surface area contributed by atoms with Gasteiger partial charge in [-0.3, -0.25) is 4.90 Å².